The summed E-state index contributed by atoms with van der Waals surface area (Å²) in [6, 6.07) is 1.92. The molecule has 1 unspecified atom stereocenters. The fourth-order valence-corrected chi connectivity index (χ4v) is 6.31. The average Bonchev–Trinajstić information content (AvgIpc) is 3.51. The zero-order valence-electron chi connectivity index (χ0n) is 17.7. The van der Waals surface area contributed by atoms with Gasteiger partial charge in [0.25, 0.3) is 0 Å². The molecule has 0 N–H and O–H groups in total. The zero-order chi connectivity index (χ0) is 20.4. The quantitative estimate of drug-likeness (QED) is 0.160. The second kappa shape index (κ2) is 18.5. The van der Waals surface area contributed by atoms with Gasteiger partial charge in [-0.15, -0.1) is 0 Å². The molecular weight excluding hydrogens is 404 g/mol. The van der Waals surface area contributed by atoms with Gasteiger partial charge in [-0.05, 0) is 44.9 Å². The van der Waals surface area contributed by atoms with Crippen LogP contribution in [0.25, 0.3) is 0 Å². The Labute approximate surface area is 174 Å². The van der Waals surface area contributed by atoms with Gasteiger partial charge in [0.2, 0.25) is 0 Å². The molecule has 1 heterocycles. The van der Waals surface area contributed by atoms with Crippen molar-refractivity contribution in [2.75, 3.05) is 60.1 Å². The minimum absolute atomic E-state index is 0.383. The largest absolute Gasteiger partial charge is 0.500 e. The first kappa shape index (κ1) is 27.5. The van der Waals surface area contributed by atoms with Gasteiger partial charge in [-0.2, -0.15) is 12.6 Å². The predicted octanol–water partition coefficient (Wildman–Crippen LogP) is 2.66. The third-order valence-electron chi connectivity index (χ3n) is 3.96. The van der Waals surface area contributed by atoms with Crippen LogP contribution in [-0.2, 0) is 31.6 Å². The van der Waals surface area contributed by atoms with E-state index in [1.54, 1.807) is 21.3 Å². The van der Waals surface area contributed by atoms with E-state index in [-0.39, 0.29) is 0 Å². The maximum absolute atomic E-state index is 5.59. The van der Waals surface area contributed by atoms with Gasteiger partial charge in [-0.1, -0.05) is 0 Å². The van der Waals surface area contributed by atoms with E-state index in [1.165, 1.54) is 0 Å². The summed E-state index contributed by atoms with van der Waals surface area (Å²) in [6.45, 7) is 8.06. The van der Waals surface area contributed by atoms with E-state index in [0.29, 0.717) is 6.10 Å². The molecule has 27 heavy (non-hydrogen) atoms. The van der Waals surface area contributed by atoms with Crippen LogP contribution in [0.5, 0.6) is 0 Å². The zero-order valence-corrected chi connectivity index (χ0v) is 20.8. The van der Waals surface area contributed by atoms with Gasteiger partial charge in [0, 0.05) is 47.2 Å². The molecule has 0 spiro atoms. The van der Waals surface area contributed by atoms with E-state index in [0.717, 1.165) is 70.1 Å². The van der Waals surface area contributed by atoms with Crippen LogP contribution in [0.4, 0.5) is 0 Å². The van der Waals surface area contributed by atoms with E-state index >= 15 is 0 Å². The number of epoxide rings is 1. The summed E-state index contributed by atoms with van der Waals surface area (Å²) in [6.07, 6.45) is 3.58. The SMILES string of the molecule is CCO[SiH](CCCCOCC1CO1)OCC.CO[Si](CCCS)(OC)OC. The van der Waals surface area contributed by atoms with Gasteiger partial charge in [0.1, 0.15) is 6.10 Å². The normalized spacial score (nSPS) is 16.3. The standard InChI is InChI=1S/C11H24O4Si.C6H16O3SSi/c1-3-14-16(15-4-2)8-6-5-7-12-9-11-10-13-11;1-7-11(8-2,9-3)6-4-5-10/h11,16H,3-10H2,1-2H3;10H,4-6H2,1-3H3. The topological polar surface area (TPSA) is 67.9 Å². The summed E-state index contributed by atoms with van der Waals surface area (Å²) >= 11 is 4.10. The van der Waals surface area contributed by atoms with Gasteiger partial charge < -0.3 is 31.6 Å². The third-order valence-corrected chi connectivity index (χ3v) is 9.40. The lowest BCUT2D eigenvalue weighted by Gasteiger charge is -2.23. The average molecular weight is 445 g/mol. The lowest BCUT2D eigenvalue weighted by molar-refractivity contribution is 0.113. The second-order valence-electron chi connectivity index (χ2n) is 5.99. The highest BCUT2D eigenvalue weighted by Gasteiger charge is 2.36. The molecule has 0 aromatic rings. The molecule has 0 aromatic heterocycles. The van der Waals surface area contributed by atoms with E-state index in [1.807, 2.05) is 13.8 Å². The van der Waals surface area contributed by atoms with Gasteiger partial charge >= 0.3 is 18.1 Å². The maximum Gasteiger partial charge on any atom is 0.500 e. The van der Waals surface area contributed by atoms with Crippen molar-refractivity contribution >= 4 is 30.7 Å². The van der Waals surface area contributed by atoms with Crippen molar-refractivity contribution in [2.24, 2.45) is 0 Å². The molecule has 0 radical (unpaired) electrons. The van der Waals surface area contributed by atoms with Crippen LogP contribution in [0.1, 0.15) is 33.1 Å². The highest BCUT2D eigenvalue weighted by Crippen LogP contribution is 2.14. The minimum atomic E-state index is -2.29. The van der Waals surface area contributed by atoms with E-state index < -0.39 is 18.1 Å². The van der Waals surface area contributed by atoms with Gasteiger partial charge in [0.15, 0.2) is 0 Å². The van der Waals surface area contributed by atoms with Crippen molar-refractivity contribution in [3.8, 4) is 0 Å². The molecule has 7 nitrogen and oxygen atoms in total. The molecule has 0 aromatic carbocycles. The van der Waals surface area contributed by atoms with Crippen molar-refractivity contribution in [3.05, 3.63) is 0 Å². The molecule has 0 saturated carbocycles. The third kappa shape index (κ3) is 15.1. The van der Waals surface area contributed by atoms with Crippen molar-refractivity contribution < 1.29 is 31.6 Å². The smallest absolute Gasteiger partial charge is 0.397 e. The Kier molecular flexibility index (Phi) is 18.9. The number of unbranched alkanes of at least 4 members (excludes halogenated alkanes) is 1. The number of rotatable bonds is 17. The number of hydrogen-bond donors (Lipinski definition) is 1. The highest BCUT2D eigenvalue weighted by molar-refractivity contribution is 7.80. The number of thiol groups is 1. The summed E-state index contributed by atoms with van der Waals surface area (Å²) in [5, 5.41) is 0. The predicted molar refractivity (Wildman–Crippen MR) is 115 cm³/mol. The number of ether oxygens (including phenoxy) is 2. The minimum Gasteiger partial charge on any atom is -0.397 e. The Morgan fingerprint density at radius 2 is 1.59 bits per heavy atom. The van der Waals surface area contributed by atoms with E-state index in [2.05, 4.69) is 12.6 Å². The van der Waals surface area contributed by atoms with Crippen molar-refractivity contribution in [3.63, 3.8) is 0 Å². The first-order valence-electron chi connectivity index (χ1n) is 9.80. The lowest BCUT2D eigenvalue weighted by Crippen LogP contribution is -2.42. The van der Waals surface area contributed by atoms with Crippen molar-refractivity contribution in [2.45, 2.75) is 51.3 Å². The molecule has 0 bridgehead atoms. The molecular formula is C17H40O7SSi2. The molecule has 1 aliphatic rings. The van der Waals surface area contributed by atoms with Gasteiger partial charge in [-0.3, -0.25) is 0 Å². The summed E-state index contributed by atoms with van der Waals surface area (Å²) < 4.78 is 37.3. The van der Waals surface area contributed by atoms with Crippen LogP contribution in [0.15, 0.2) is 0 Å². The molecule has 10 heteroatoms. The van der Waals surface area contributed by atoms with Crippen LogP contribution in [0.3, 0.4) is 0 Å². The van der Waals surface area contributed by atoms with E-state index in [9.17, 15) is 0 Å². The molecule has 0 amide bonds. The molecule has 164 valence electrons. The Hall–Kier alpha value is 0.504. The fraction of sp³-hybridized carbons (Fsp3) is 1.00. The first-order valence-corrected chi connectivity index (χ1v) is 14.1. The monoisotopic (exact) mass is 444 g/mol. The van der Waals surface area contributed by atoms with Crippen molar-refractivity contribution in [1.29, 1.82) is 0 Å². The van der Waals surface area contributed by atoms with Crippen LogP contribution < -0.4 is 0 Å². The molecule has 1 saturated heterocycles. The van der Waals surface area contributed by atoms with Gasteiger partial charge in [-0.25, -0.2) is 0 Å². The molecule has 1 fully saturated rings. The molecule has 1 aliphatic heterocycles. The molecule has 1 atom stereocenters. The Bertz CT molecular complexity index is 307. The lowest BCUT2D eigenvalue weighted by atomic mass is 10.3. The van der Waals surface area contributed by atoms with Gasteiger partial charge in [0.05, 0.1) is 13.2 Å². The first-order chi connectivity index (χ1) is 13.1. The Balaban J connectivity index is 0.000000541. The van der Waals surface area contributed by atoms with Crippen LogP contribution in [0, 0.1) is 0 Å². The second-order valence-corrected chi connectivity index (χ2v) is 11.6. The van der Waals surface area contributed by atoms with Crippen molar-refractivity contribution in [1.82, 2.24) is 0 Å². The molecule has 0 aliphatic carbocycles. The van der Waals surface area contributed by atoms with Crippen LogP contribution in [0.2, 0.25) is 12.1 Å². The van der Waals surface area contributed by atoms with E-state index in [4.69, 9.17) is 31.6 Å². The fourth-order valence-electron chi connectivity index (χ4n) is 2.33. The Morgan fingerprint density at radius 3 is 2.04 bits per heavy atom. The molecule has 1 rings (SSSR count). The summed E-state index contributed by atoms with van der Waals surface area (Å²) in [7, 11) is 1.21. The number of hydrogen-bond acceptors (Lipinski definition) is 8. The summed E-state index contributed by atoms with van der Waals surface area (Å²) in [5.74, 6) is 0.838. The Morgan fingerprint density at radius 1 is 1.00 bits per heavy atom. The highest BCUT2D eigenvalue weighted by atomic mass is 32.1. The van der Waals surface area contributed by atoms with Crippen LogP contribution >= 0.6 is 12.6 Å². The maximum atomic E-state index is 5.59. The summed E-state index contributed by atoms with van der Waals surface area (Å²) in [5.41, 5.74) is 0. The summed E-state index contributed by atoms with van der Waals surface area (Å²) in [4.78, 5) is 0. The van der Waals surface area contributed by atoms with Crippen LogP contribution in [-0.4, -0.2) is 84.3 Å².